The number of fused-ring (bicyclic) bond motifs is 4. The van der Waals surface area contributed by atoms with Crippen LogP contribution in [0.4, 0.5) is 0 Å². The molecule has 3 aliphatic rings. The first kappa shape index (κ1) is 18.7. The number of nitrogens with zero attached hydrogens (tertiary/aromatic N) is 3. The SMILES string of the molecule is CN1C(=O)c2c(O)c(=O)ccn2N2[C@H](c3ccccc3)C3=CC=CCC3CCC[C@@H]12. The van der Waals surface area contributed by atoms with E-state index < -0.39 is 11.2 Å². The molecule has 0 radical (unpaired) electrons. The molecule has 0 bridgehead atoms. The first-order chi connectivity index (χ1) is 14.6. The monoisotopic (exact) mass is 403 g/mol. The van der Waals surface area contributed by atoms with E-state index >= 15 is 0 Å². The maximum atomic E-state index is 13.1. The van der Waals surface area contributed by atoms with Crippen molar-refractivity contribution in [1.82, 2.24) is 9.58 Å². The Balaban J connectivity index is 1.79. The van der Waals surface area contributed by atoms with Crippen LogP contribution >= 0.6 is 0 Å². The normalized spacial score (nSPS) is 25.6. The molecule has 1 amide bonds. The van der Waals surface area contributed by atoms with Crippen LogP contribution in [-0.2, 0) is 0 Å². The molecule has 1 aliphatic carbocycles. The molecular weight excluding hydrogens is 378 g/mol. The Morgan fingerprint density at radius 2 is 1.87 bits per heavy atom. The van der Waals surface area contributed by atoms with Crippen molar-refractivity contribution in [3.8, 4) is 5.75 Å². The summed E-state index contributed by atoms with van der Waals surface area (Å²) in [5.41, 5.74) is 1.93. The molecule has 6 heteroatoms. The van der Waals surface area contributed by atoms with E-state index in [1.807, 2.05) is 18.2 Å². The van der Waals surface area contributed by atoms with Crippen molar-refractivity contribution in [1.29, 1.82) is 0 Å². The van der Waals surface area contributed by atoms with E-state index in [1.165, 1.54) is 11.6 Å². The first-order valence-corrected chi connectivity index (χ1v) is 10.5. The van der Waals surface area contributed by atoms with Gasteiger partial charge in [-0.15, -0.1) is 0 Å². The number of pyridine rings is 1. The lowest BCUT2D eigenvalue weighted by molar-refractivity contribution is 0.0589. The van der Waals surface area contributed by atoms with Crippen LogP contribution in [0, 0.1) is 5.92 Å². The molecule has 154 valence electrons. The fraction of sp³-hybridized carbons (Fsp3) is 0.333. The average Bonchev–Trinajstić information content (AvgIpc) is 2.75. The van der Waals surface area contributed by atoms with Gasteiger partial charge in [0.1, 0.15) is 6.17 Å². The molecule has 2 aliphatic heterocycles. The number of rotatable bonds is 1. The van der Waals surface area contributed by atoms with Crippen LogP contribution in [0.1, 0.15) is 47.8 Å². The number of hydrogen-bond donors (Lipinski definition) is 1. The van der Waals surface area contributed by atoms with Gasteiger partial charge >= 0.3 is 0 Å². The summed E-state index contributed by atoms with van der Waals surface area (Å²) < 4.78 is 1.71. The zero-order valence-corrected chi connectivity index (χ0v) is 16.9. The smallest absolute Gasteiger partial charge is 0.277 e. The summed E-state index contributed by atoms with van der Waals surface area (Å²) in [5, 5.41) is 12.7. The third-order valence-corrected chi connectivity index (χ3v) is 6.61. The van der Waals surface area contributed by atoms with E-state index in [0.29, 0.717) is 5.92 Å². The van der Waals surface area contributed by atoms with Crippen molar-refractivity contribution in [2.45, 2.75) is 37.9 Å². The van der Waals surface area contributed by atoms with Gasteiger partial charge in [-0.25, -0.2) is 0 Å². The maximum Gasteiger partial charge on any atom is 0.277 e. The zero-order chi connectivity index (χ0) is 20.8. The summed E-state index contributed by atoms with van der Waals surface area (Å²) in [7, 11) is 1.76. The molecule has 3 atom stereocenters. The minimum Gasteiger partial charge on any atom is -0.502 e. The van der Waals surface area contributed by atoms with E-state index in [-0.39, 0.29) is 23.8 Å². The van der Waals surface area contributed by atoms with E-state index in [4.69, 9.17) is 0 Å². The number of carbonyl (C=O) groups excluding carboxylic acids is 1. The number of allylic oxidation sites excluding steroid dienone is 3. The number of aromatic hydroxyl groups is 1. The molecule has 30 heavy (non-hydrogen) atoms. The van der Waals surface area contributed by atoms with Crippen molar-refractivity contribution in [2.75, 3.05) is 12.1 Å². The van der Waals surface area contributed by atoms with E-state index in [0.717, 1.165) is 31.2 Å². The average molecular weight is 403 g/mol. The predicted molar refractivity (Wildman–Crippen MR) is 115 cm³/mol. The number of aromatic nitrogens is 1. The Bertz CT molecular complexity index is 1100. The zero-order valence-electron chi connectivity index (χ0n) is 16.9. The van der Waals surface area contributed by atoms with Crippen LogP contribution in [0.5, 0.6) is 5.75 Å². The van der Waals surface area contributed by atoms with Gasteiger partial charge in [0.25, 0.3) is 5.91 Å². The van der Waals surface area contributed by atoms with Gasteiger partial charge in [-0.05, 0) is 42.7 Å². The van der Waals surface area contributed by atoms with Crippen LogP contribution in [-0.4, -0.2) is 33.8 Å². The van der Waals surface area contributed by atoms with Gasteiger partial charge in [-0.1, -0.05) is 48.6 Å². The predicted octanol–water partition coefficient (Wildman–Crippen LogP) is 3.33. The summed E-state index contributed by atoms with van der Waals surface area (Å²) in [6.07, 6.45) is 11.9. The summed E-state index contributed by atoms with van der Waals surface area (Å²) in [4.78, 5) is 26.9. The summed E-state index contributed by atoms with van der Waals surface area (Å²) in [6.45, 7) is 0. The lowest BCUT2D eigenvalue weighted by atomic mass is 9.79. The Morgan fingerprint density at radius 3 is 2.67 bits per heavy atom. The molecular formula is C24H25N3O3. The highest BCUT2D eigenvalue weighted by Gasteiger charge is 2.44. The molecule has 1 unspecified atom stereocenters. The van der Waals surface area contributed by atoms with Gasteiger partial charge in [0, 0.05) is 19.3 Å². The molecule has 1 N–H and O–H groups in total. The highest BCUT2D eigenvalue weighted by Crippen LogP contribution is 2.43. The molecule has 1 fully saturated rings. The van der Waals surface area contributed by atoms with Gasteiger partial charge in [0.15, 0.2) is 11.4 Å². The number of carbonyl (C=O) groups is 1. The molecule has 2 aromatic rings. The van der Waals surface area contributed by atoms with Crippen molar-refractivity contribution in [3.05, 3.63) is 87.9 Å². The van der Waals surface area contributed by atoms with Crippen molar-refractivity contribution >= 4 is 5.91 Å². The quantitative estimate of drug-likeness (QED) is 0.793. The van der Waals surface area contributed by atoms with Gasteiger partial charge in [-0.2, -0.15) is 0 Å². The standard InChI is InChI=1S/C24H25N3O3/c1-25-20-13-7-11-16-8-5-6-12-18(16)21(17-9-3-2-4-10-17)27(20)26-15-14-19(28)23(29)22(26)24(25)30/h2-6,9-10,12,14-16,20-21,29H,7-8,11,13H2,1H3/t16?,20-,21+/m0/s1. The van der Waals surface area contributed by atoms with Gasteiger partial charge < -0.3 is 10.0 Å². The number of benzene rings is 1. The maximum absolute atomic E-state index is 13.1. The second-order valence-electron chi connectivity index (χ2n) is 8.27. The minimum atomic E-state index is -0.539. The fourth-order valence-corrected chi connectivity index (χ4v) is 5.13. The topological polar surface area (TPSA) is 65.8 Å². The summed E-state index contributed by atoms with van der Waals surface area (Å²) in [5.74, 6) is -0.385. The molecule has 5 rings (SSSR count). The van der Waals surface area contributed by atoms with Crippen LogP contribution in [0.2, 0.25) is 0 Å². The second kappa shape index (κ2) is 7.20. The Morgan fingerprint density at radius 1 is 1.07 bits per heavy atom. The Labute approximate surface area is 175 Å². The van der Waals surface area contributed by atoms with Crippen LogP contribution in [0.3, 0.4) is 0 Å². The Hall–Kier alpha value is -3.28. The van der Waals surface area contributed by atoms with Crippen LogP contribution in [0.15, 0.2) is 71.2 Å². The Kier molecular flexibility index (Phi) is 4.50. The van der Waals surface area contributed by atoms with E-state index in [9.17, 15) is 14.7 Å². The highest BCUT2D eigenvalue weighted by atomic mass is 16.3. The van der Waals surface area contributed by atoms with Crippen LogP contribution in [0.25, 0.3) is 0 Å². The van der Waals surface area contributed by atoms with E-state index in [1.54, 1.807) is 22.8 Å². The summed E-state index contributed by atoms with van der Waals surface area (Å²) in [6, 6.07) is 11.5. The molecule has 3 heterocycles. The molecule has 1 saturated heterocycles. The molecule has 1 aromatic carbocycles. The third-order valence-electron chi connectivity index (χ3n) is 6.61. The third kappa shape index (κ3) is 2.78. The lowest BCUT2D eigenvalue weighted by Gasteiger charge is -2.51. The second-order valence-corrected chi connectivity index (χ2v) is 8.27. The summed E-state index contributed by atoms with van der Waals surface area (Å²) >= 11 is 0. The molecule has 0 spiro atoms. The fourth-order valence-electron chi connectivity index (χ4n) is 5.13. The molecule has 1 aromatic heterocycles. The molecule has 0 saturated carbocycles. The van der Waals surface area contributed by atoms with Crippen LogP contribution < -0.4 is 10.4 Å². The van der Waals surface area contributed by atoms with Gasteiger partial charge in [0.2, 0.25) is 5.43 Å². The largest absolute Gasteiger partial charge is 0.502 e. The van der Waals surface area contributed by atoms with E-state index in [2.05, 4.69) is 35.4 Å². The highest BCUT2D eigenvalue weighted by molar-refractivity contribution is 5.96. The number of amides is 1. The van der Waals surface area contributed by atoms with Crippen molar-refractivity contribution in [2.24, 2.45) is 5.92 Å². The van der Waals surface area contributed by atoms with Gasteiger partial charge in [-0.3, -0.25) is 19.3 Å². The van der Waals surface area contributed by atoms with Crippen molar-refractivity contribution < 1.29 is 9.90 Å². The van der Waals surface area contributed by atoms with Gasteiger partial charge in [0.05, 0.1) is 6.04 Å². The number of hydrogen-bond acceptors (Lipinski definition) is 4. The molecule has 6 nitrogen and oxygen atoms in total. The lowest BCUT2D eigenvalue weighted by Crippen LogP contribution is -2.62. The van der Waals surface area contributed by atoms with Crippen molar-refractivity contribution in [3.63, 3.8) is 0 Å². The minimum absolute atomic E-state index is 0.0336. The first-order valence-electron chi connectivity index (χ1n) is 10.5.